The van der Waals surface area contributed by atoms with E-state index in [9.17, 15) is 0 Å². The van der Waals surface area contributed by atoms with Crippen LogP contribution in [0.3, 0.4) is 0 Å². The van der Waals surface area contributed by atoms with Gasteiger partial charge < -0.3 is 10.4 Å². The second kappa shape index (κ2) is 8.08. The predicted octanol–water partition coefficient (Wildman–Crippen LogP) is 2.95. The van der Waals surface area contributed by atoms with Crippen molar-refractivity contribution < 1.29 is 5.11 Å². The standard InChI is InChI=1S/C14H29NO/c1-3-4-13-5-7-14(8-6-13)11-15-12(2)9-10-16/h12-16H,3-11H2,1-2H3/t12-,13?,14?/m1/s1. The number of hydrogen-bond acceptors (Lipinski definition) is 2. The number of aliphatic hydroxyl groups is 1. The molecule has 16 heavy (non-hydrogen) atoms. The summed E-state index contributed by atoms with van der Waals surface area (Å²) in [5.41, 5.74) is 0. The minimum Gasteiger partial charge on any atom is -0.396 e. The summed E-state index contributed by atoms with van der Waals surface area (Å²) < 4.78 is 0. The van der Waals surface area contributed by atoms with Crippen LogP contribution < -0.4 is 5.32 Å². The molecule has 2 N–H and O–H groups in total. The lowest BCUT2D eigenvalue weighted by atomic mass is 9.80. The van der Waals surface area contributed by atoms with Crippen molar-refractivity contribution >= 4 is 0 Å². The molecule has 0 amide bonds. The molecular formula is C14H29NO. The quantitative estimate of drug-likeness (QED) is 0.701. The van der Waals surface area contributed by atoms with Gasteiger partial charge in [-0.15, -0.1) is 0 Å². The molecule has 0 aromatic carbocycles. The Morgan fingerprint density at radius 2 is 1.81 bits per heavy atom. The average molecular weight is 227 g/mol. The molecule has 0 unspecified atom stereocenters. The summed E-state index contributed by atoms with van der Waals surface area (Å²) in [6.45, 7) is 5.92. The molecule has 0 spiro atoms. The lowest BCUT2D eigenvalue weighted by molar-refractivity contribution is 0.237. The normalized spacial score (nSPS) is 27.9. The van der Waals surface area contributed by atoms with Crippen molar-refractivity contribution in [3.8, 4) is 0 Å². The van der Waals surface area contributed by atoms with Crippen molar-refractivity contribution in [2.45, 2.75) is 64.8 Å². The zero-order valence-electron chi connectivity index (χ0n) is 11.0. The van der Waals surface area contributed by atoms with Gasteiger partial charge in [-0.25, -0.2) is 0 Å². The van der Waals surface area contributed by atoms with Gasteiger partial charge in [0.25, 0.3) is 0 Å². The van der Waals surface area contributed by atoms with Crippen LogP contribution in [-0.2, 0) is 0 Å². The van der Waals surface area contributed by atoms with E-state index in [2.05, 4.69) is 19.2 Å². The van der Waals surface area contributed by atoms with E-state index in [1.807, 2.05) is 0 Å². The lowest BCUT2D eigenvalue weighted by Gasteiger charge is -2.29. The number of hydrogen-bond donors (Lipinski definition) is 2. The molecule has 1 atom stereocenters. The molecule has 1 aliphatic carbocycles. The Morgan fingerprint density at radius 3 is 2.38 bits per heavy atom. The fourth-order valence-electron chi connectivity index (χ4n) is 2.80. The number of rotatable bonds is 7. The monoisotopic (exact) mass is 227 g/mol. The fraction of sp³-hybridized carbons (Fsp3) is 1.00. The van der Waals surface area contributed by atoms with Crippen LogP contribution in [0.25, 0.3) is 0 Å². The molecule has 2 nitrogen and oxygen atoms in total. The van der Waals surface area contributed by atoms with Crippen LogP contribution in [0.15, 0.2) is 0 Å². The van der Waals surface area contributed by atoms with Gasteiger partial charge in [-0.05, 0) is 44.6 Å². The SMILES string of the molecule is CCCC1CCC(CN[C@H](C)CCO)CC1. The lowest BCUT2D eigenvalue weighted by Crippen LogP contribution is -2.33. The van der Waals surface area contributed by atoms with Crippen molar-refractivity contribution in [3.63, 3.8) is 0 Å². The van der Waals surface area contributed by atoms with Crippen LogP contribution in [0, 0.1) is 11.8 Å². The first kappa shape index (κ1) is 14.0. The molecule has 1 rings (SSSR count). The summed E-state index contributed by atoms with van der Waals surface area (Å²) in [5, 5.41) is 12.4. The Bertz CT molecular complexity index is 164. The van der Waals surface area contributed by atoms with E-state index in [4.69, 9.17) is 5.11 Å². The number of nitrogens with one attached hydrogen (secondary N) is 1. The maximum Gasteiger partial charge on any atom is 0.0445 e. The van der Waals surface area contributed by atoms with Gasteiger partial charge in [-0.1, -0.05) is 32.6 Å². The Hall–Kier alpha value is -0.0800. The molecule has 0 heterocycles. The second-order valence-electron chi connectivity index (χ2n) is 5.50. The summed E-state index contributed by atoms with van der Waals surface area (Å²) in [5.74, 6) is 1.89. The summed E-state index contributed by atoms with van der Waals surface area (Å²) in [6.07, 6.45) is 9.35. The van der Waals surface area contributed by atoms with E-state index in [1.165, 1.54) is 38.5 Å². The van der Waals surface area contributed by atoms with Gasteiger partial charge >= 0.3 is 0 Å². The average Bonchev–Trinajstić information content (AvgIpc) is 2.29. The third kappa shape index (κ3) is 5.31. The molecule has 1 fully saturated rings. The molecule has 0 radical (unpaired) electrons. The van der Waals surface area contributed by atoms with E-state index in [0.717, 1.165) is 24.8 Å². The van der Waals surface area contributed by atoms with Crippen molar-refractivity contribution in [2.75, 3.05) is 13.2 Å². The van der Waals surface area contributed by atoms with Gasteiger partial charge in [0.1, 0.15) is 0 Å². The molecule has 0 saturated heterocycles. The Balaban J connectivity index is 2.07. The van der Waals surface area contributed by atoms with Gasteiger partial charge in [0.2, 0.25) is 0 Å². The zero-order chi connectivity index (χ0) is 11.8. The molecule has 2 heteroatoms. The van der Waals surface area contributed by atoms with E-state index >= 15 is 0 Å². The van der Waals surface area contributed by atoms with Crippen molar-refractivity contribution in [1.29, 1.82) is 0 Å². The highest BCUT2D eigenvalue weighted by molar-refractivity contribution is 4.75. The van der Waals surface area contributed by atoms with Gasteiger partial charge in [-0.2, -0.15) is 0 Å². The first-order chi connectivity index (χ1) is 7.76. The van der Waals surface area contributed by atoms with Gasteiger partial charge in [0.15, 0.2) is 0 Å². The van der Waals surface area contributed by atoms with Crippen LogP contribution in [0.4, 0.5) is 0 Å². The van der Waals surface area contributed by atoms with E-state index in [0.29, 0.717) is 12.6 Å². The zero-order valence-corrected chi connectivity index (χ0v) is 11.0. The van der Waals surface area contributed by atoms with Gasteiger partial charge in [-0.3, -0.25) is 0 Å². The fourth-order valence-corrected chi connectivity index (χ4v) is 2.80. The third-order valence-electron chi connectivity index (χ3n) is 3.98. The van der Waals surface area contributed by atoms with Gasteiger partial charge in [0, 0.05) is 12.6 Å². The first-order valence-electron chi connectivity index (χ1n) is 7.10. The second-order valence-corrected chi connectivity index (χ2v) is 5.50. The molecule has 96 valence electrons. The Kier molecular flexibility index (Phi) is 7.06. The highest BCUT2D eigenvalue weighted by Gasteiger charge is 2.20. The first-order valence-corrected chi connectivity index (χ1v) is 7.10. The van der Waals surface area contributed by atoms with E-state index < -0.39 is 0 Å². The van der Waals surface area contributed by atoms with Crippen molar-refractivity contribution in [2.24, 2.45) is 11.8 Å². The maximum absolute atomic E-state index is 8.83. The van der Waals surface area contributed by atoms with Crippen LogP contribution in [0.5, 0.6) is 0 Å². The minimum atomic E-state index is 0.303. The Labute approximate surface area is 101 Å². The summed E-state index contributed by atoms with van der Waals surface area (Å²) in [7, 11) is 0. The van der Waals surface area contributed by atoms with Crippen molar-refractivity contribution in [3.05, 3.63) is 0 Å². The smallest absolute Gasteiger partial charge is 0.0445 e. The van der Waals surface area contributed by atoms with Crippen LogP contribution >= 0.6 is 0 Å². The summed E-state index contributed by atoms with van der Waals surface area (Å²) >= 11 is 0. The minimum absolute atomic E-state index is 0.303. The molecule has 0 aliphatic heterocycles. The third-order valence-corrected chi connectivity index (χ3v) is 3.98. The molecule has 1 aliphatic rings. The molecule has 0 aromatic heterocycles. The molecule has 0 bridgehead atoms. The molecular weight excluding hydrogens is 198 g/mol. The van der Waals surface area contributed by atoms with Crippen LogP contribution in [0.2, 0.25) is 0 Å². The topological polar surface area (TPSA) is 32.3 Å². The van der Waals surface area contributed by atoms with E-state index in [1.54, 1.807) is 0 Å². The van der Waals surface area contributed by atoms with Gasteiger partial charge in [0.05, 0.1) is 0 Å². The van der Waals surface area contributed by atoms with Crippen LogP contribution in [-0.4, -0.2) is 24.3 Å². The Morgan fingerprint density at radius 1 is 1.19 bits per heavy atom. The number of aliphatic hydroxyl groups excluding tert-OH is 1. The van der Waals surface area contributed by atoms with Crippen molar-refractivity contribution in [1.82, 2.24) is 5.32 Å². The largest absolute Gasteiger partial charge is 0.396 e. The summed E-state index contributed by atoms with van der Waals surface area (Å²) in [4.78, 5) is 0. The predicted molar refractivity (Wildman–Crippen MR) is 69.5 cm³/mol. The van der Waals surface area contributed by atoms with E-state index in [-0.39, 0.29) is 0 Å². The molecule has 0 aromatic rings. The van der Waals surface area contributed by atoms with Crippen LogP contribution in [0.1, 0.15) is 58.8 Å². The molecule has 1 saturated carbocycles. The summed E-state index contributed by atoms with van der Waals surface area (Å²) in [6, 6.07) is 0.471. The highest BCUT2D eigenvalue weighted by atomic mass is 16.3. The highest BCUT2D eigenvalue weighted by Crippen LogP contribution is 2.31. The maximum atomic E-state index is 8.83.